The summed E-state index contributed by atoms with van der Waals surface area (Å²) in [4.78, 5) is 25.1. The van der Waals surface area contributed by atoms with E-state index in [9.17, 15) is 9.59 Å². The summed E-state index contributed by atoms with van der Waals surface area (Å²) in [5.74, 6) is 0.163. The van der Waals surface area contributed by atoms with Gasteiger partial charge in [-0.05, 0) is 30.5 Å². The molecule has 0 atom stereocenters. The Balaban J connectivity index is 1.91. The van der Waals surface area contributed by atoms with Gasteiger partial charge in [-0.1, -0.05) is 12.1 Å². The summed E-state index contributed by atoms with van der Waals surface area (Å²) in [7, 11) is 1.63. The van der Waals surface area contributed by atoms with Gasteiger partial charge < -0.3 is 10.2 Å². The van der Waals surface area contributed by atoms with Crippen molar-refractivity contribution in [3.8, 4) is 0 Å². The Labute approximate surface area is 117 Å². The number of nitrogens with one attached hydrogen (secondary N) is 1. The van der Waals surface area contributed by atoms with Crippen LogP contribution in [0.15, 0.2) is 24.3 Å². The number of alkyl halides is 1. The van der Waals surface area contributed by atoms with E-state index in [1.54, 1.807) is 19.2 Å². The summed E-state index contributed by atoms with van der Waals surface area (Å²) in [6, 6.07) is 7.42. The predicted molar refractivity (Wildman–Crippen MR) is 74.1 cm³/mol. The Morgan fingerprint density at radius 3 is 2.47 bits per heavy atom. The van der Waals surface area contributed by atoms with Crippen LogP contribution in [0.4, 0.5) is 0 Å². The van der Waals surface area contributed by atoms with Gasteiger partial charge in [-0.3, -0.25) is 9.59 Å². The maximum Gasteiger partial charge on any atom is 0.254 e. The molecular weight excluding hydrogens is 264 g/mol. The Morgan fingerprint density at radius 2 is 1.95 bits per heavy atom. The molecule has 1 aliphatic rings. The molecular formula is C14H17ClN2O2. The molecule has 0 bridgehead atoms. The lowest BCUT2D eigenvalue weighted by atomic mass is 10.1. The molecule has 1 aromatic rings. The molecule has 1 saturated carbocycles. The Bertz CT molecular complexity index is 469. The number of amides is 2. The lowest BCUT2D eigenvalue weighted by Crippen LogP contribution is -2.39. The summed E-state index contributed by atoms with van der Waals surface area (Å²) in [6.45, 7) is 0.0899. The van der Waals surface area contributed by atoms with Gasteiger partial charge in [0.05, 0.1) is 6.54 Å². The number of benzene rings is 1. The molecule has 0 heterocycles. The normalized spacial score (nSPS) is 14.0. The number of likely N-dealkylation sites (N-methyl/N-ethyl adjacent to an activating group) is 1. The van der Waals surface area contributed by atoms with E-state index in [0.717, 1.165) is 18.4 Å². The van der Waals surface area contributed by atoms with E-state index < -0.39 is 0 Å². The molecule has 2 rings (SSSR count). The quantitative estimate of drug-likeness (QED) is 0.836. The number of hydrogen-bond acceptors (Lipinski definition) is 2. The predicted octanol–water partition coefficient (Wildman–Crippen LogP) is 1.78. The highest BCUT2D eigenvalue weighted by Crippen LogP contribution is 2.18. The zero-order valence-electron chi connectivity index (χ0n) is 10.9. The van der Waals surface area contributed by atoms with Crippen LogP contribution in [0, 0.1) is 0 Å². The fourth-order valence-electron chi connectivity index (χ4n) is 1.74. The molecule has 1 aliphatic carbocycles. The lowest BCUT2D eigenvalue weighted by Gasteiger charge is -2.16. The highest BCUT2D eigenvalue weighted by molar-refractivity contribution is 6.17. The molecule has 0 unspecified atom stereocenters. The summed E-state index contributed by atoms with van der Waals surface area (Å²) < 4.78 is 0. The van der Waals surface area contributed by atoms with Crippen molar-refractivity contribution < 1.29 is 9.59 Å². The minimum atomic E-state index is -0.160. The maximum absolute atomic E-state index is 12.1. The van der Waals surface area contributed by atoms with Gasteiger partial charge >= 0.3 is 0 Å². The largest absolute Gasteiger partial charge is 0.352 e. The summed E-state index contributed by atoms with van der Waals surface area (Å²) in [5.41, 5.74) is 1.53. The van der Waals surface area contributed by atoms with Crippen LogP contribution in [-0.2, 0) is 10.7 Å². The van der Waals surface area contributed by atoms with Crippen LogP contribution in [0.3, 0.4) is 0 Å². The van der Waals surface area contributed by atoms with Crippen LogP contribution >= 0.6 is 11.6 Å². The fraction of sp³-hybridized carbons (Fsp3) is 0.429. The molecule has 0 spiro atoms. The highest BCUT2D eigenvalue weighted by Gasteiger charge is 2.24. The van der Waals surface area contributed by atoms with Gasteiger partial charge in [-0.2, -0.15) is 0 Å². The number of rotatable bonds is 5. The third-order valence-corrected chi connectivity index (χ3v) is 3.33. The van der Waals surface area contributed by atoms with E-state index in [0.29, 0.717) is 17.5 Å². The average Bonchev–Trinajstić information content (AvgIpc) is 3.21. The minimum Gasteiger partial charge on any atom is -0.352 e. The van der Waals surface area contributed by atoms with Crippen molar-refractivity contribution in [2.75, 3.05) is 13.6 Å². The summed E-state index contributed by atoms with van der Waals surface area (Å²) in [5, 5.41) is 2.86. The first kappa shape index (κ1) is 13.9. The third kappa shape index (κ3) is 3.96. The van der Waals surface area contributed by atoms with Crippen molar-refractivity contribution in [3.05, 3.63) is 35.4 Å². The molecule has 0 saturated heterocycles. The van der Waals surface area contributed by atoms with E-state index in [4.69, 9.17) is 11.6 Å². The molecule has 2 amide bonds. The van der Waals surface area contributed by atoms with Gasteiger partial charge in [0, 0.05) is 24.5 Å². The minimum absolute atomic E-state index is 0.0899. The fourth-order valence-corrected chi connectivity index (χ4v) is 1.92. The van der Waals surface area contributed by atoms with Crippen molar-refractivity contribution in [2.24, 2.45) is 0 Å². The number of hydrogen-bond donors (Lipinski definition) is 1. The first-order valence-electron chi connectivity index (χ1n) is 6.30. The standard InChI is InChI=1S/C14H17ClN2O2/c1-17(9-13(18)16-12-6-7-12)14(19)11-4-2-10(8-15)3-5-11/h2-5,12H,6-9H2,1H3,(H,16,18). The third-order valence-electron chi connectivity index (χ3n) is 3.03. The molecule has 19 heavy (non-hydrogen) atoms. The first-order chi connectivity index (χ1) is 9.10. The lowest BCUT2D eigenvalue weighted by molar-refractivity contribution is -0.121. The van der Waals surface area contributed by atoms with Crippen molar-refractivity contribution in [3.63, 3.8) is 0 Å². The van der Waals surface area contributed by atoms with Crippen LogP contribution < -0.4 is 5.32 Å². The zero-order valence-corrected chi connectivity index (χ0v) is 11.6. The highest BCUT2D eigenvalue weighted by atomic mass is 35.5. The zero-order chi connectivity index (χ0) is 13.8. The molecule has 1 N–H and O–H groups in total. The second-order valence-corrected chi connectivity index (χ2v) is 5.10. The Hall–Kier alpha value is -1.55. The first-order valence-corrected chi connectivity index (χ1v) is 6.83. The van der Waals surface area contributed by atoms with Gasteiger partial charge in [0.2, 0.25) is 5.91 Å². The van der Waals surface area contributed by atoms with Gasteiger partial charge in [0.25, 0.3) is 5.91 Å². The molecule has 1 fully saturated rings. The van der Waals surface area contributed by atoms with Crippen molar-refractivity contribution >= 4 is 23.4 Å². The van der Waals surface area contributed by atoms with E-state index in [1.165, 1.54) is 4.90 Å². The second kappa shape index (κ2) is 6.06. The maximum atomic E-state index is 12.1. The molecule has 0 aliphatic heterocycles. The second-order valence-electron chi connectivity index (χ2n) is 4.83. The number of carbonyl (C=O) groups excluding carboxylic acids is 2. The van der Waals surface area contributed by atoms with E-state index in [-0.39, 0.29) is 18.4 Å². The molecule has 0 radical (unpaired) electrons. The number of nitrogens with zero attached hydrogens (tertiary/aromatic N) is 1. The van der Waals surface area contributed by atoms with Crippen molar-refractivity contribution in [1.82, 2.24) is 10.2 Å². The van der Waals surface area contributed by atoms with Gasteiger partial charge in [-0.15, -0.1) is 11.6 Å². The average molecular weight is 281 g/mol. The molecule has 102 valence electrons. The Kier molecular flexibility index (Phi) is 4.43. The van der Waals surface area contributed by atoms with E-state index in [2.05, 4.69) is 5.32 Å². The van der Waals surface area contributed by atoms with Crippen LogP contribution in [0.2, 0.25) is 0 Å². The molecule has 4 nitrogen and oxygen atoms in total. The summed E-state index contributed by atoms with van der Waals surface area (Å²) in [6.07, 6.45) is 2.09. The SMILES string of the molecule is CN(CC(=O)NC1CC1)C(=O)c1ccc(CCl)cc1. The number of carbonyl (C=O) groups is 2. The summed E-state index contributed by atoms with van der Waals surface area (Å²) >= 11 is 5.70. The molecule has 5 heteroatoms. The number of halogens is 1. The van der Waals surface area contributed by atoms with E-state index >= 15 is 0 Å². The van der Waals surface area contributed by atoms with Crippen LogP contribution in [-0.4, -0.2) is 36.3 Å². The smallest absolute Gasteiger partial charge is 0.254 e. The van der Waals surface area contributed by atoms with Crippen molar-refractivity contribution in [1.29, 1.82) is 0 Å². The van der Waals surface area contributed by atoms with Crippen molar-refractivity contribution in [2.45, 2.75) is 24.8 Å². The van der Waals surface area contributed by atoms with E-state index in [1.807, 2.05) is 12.1 Å². The van der Waals surface area contributed by atoms with Gasteiger partial charge in [0.1, 0.15) is 0 Å². The van der Waals surface area contributed by atoms with Crippen LogP contribution in [0.25, 0.3) is 0 Å². The molecule has 0 aromatic heterocycles. The Morgan fingerprint density at radius 1 is 1.32 bits per heavy atom. The van der Waals surface area contributed by atoms with Gasteiger partial charge in [-0.25, -0.2) is 0 Å². The van der Waals surface area contributed by atoms with Crippen LogP contribution in [0.5, 0.6) is 0 Å². The molecule has 1 aromatic carbocycles. The van der Waals surface area contributed by atoms with Crippen LogP contribution in [0.1, 0.15) is 28.8 Å². The van der Waals surface area contributed by atoms with Gasteiger partial charge in [0.15, 0.2) is 0 Å². The topological polar surface area (TPSA) is 49.4 Å². The monoisotopic (exact) mass is 280 g/mol.